The van der Waals surface area contributed by atoms with Crippen LogP contribution < -0.4 is 81.0 Å². The van der Waals surface area contributed by atoms with E-state index in [9.17, 15) is 68.4 Å². The number of carboxylic acids is 1. The van der Waals surface area contributed by atoms with E-state index < -0.39 is 180 Å². The molecule has 1 saturated heterocycles. The van der Waals surface area contributed by atoms with Crippen LogP contribution in [-0.2, 0) is 88.0 Å². The minimum Gasteiger partial charge on any atom is -0.480 e. The maximum absolute atomic E-state index is 15.4. The summed E-state index contributed by atoms with van der Waals surface area (Å²) in [7, 11) is 1.60. The highest BCUT2D eigenvalue weighted by molar-refractivity contribution is 8.76. The number of benzene rings is 4. The van der Waals surface area contributed by atoms with Gasteiger partial charge < -0.3 is 106 Å². The van der Waals surface area contributed by atoms with Gasteiger partial charge in [-0.15, -0.1) is 0 Å². The van der Waals surface area contributed by atoms with Crippen LogP contribution in [0.1, 0.15) is 81.5 Å². The number of nitrogens with one attached hydrogen (secondary N) is 13. The summed E-state index contributed by atoms with van der Waals surface area (Å²) in [4.78, 5) is 189. The fraction of sp³-hybridized carbons (Fsp3) is 0.458. The number of aliphatic hydroxyl groups excluding tert-OH is 3. The van der Waals surface area contributed by atoms with Crippen LogP contribution in [-0.4, -0.2) is 225 Å². The molecular formula is C72H98N16O17S2. The Morgan fingerprint density at radius 2 is 0.860 bits per heavy atom. The number of aromatic nitrogens is 1. The SMILES string of the molecule is C[C@H](N)C(=O)NCC(=O)N[C@@H]1CSSC[C@@H](C(=O)O)NC(=O)[C@H](CO)NC(=O)[C@@H]([C@@H](C)O)NC(=O)[C@H](Cc2ccccc2)NC(=O)[C@@H]([C@@H](C)O)NC(=O)[C@H](CCCCN)NC(=O)[C@H](Cc2c[nH]c3ccccc23)NC(=O)[C@H](Cc2ccccc2)NC(=O)[C@@H](Cc2ccccc2)NC(=O)[C@@H](CCCCN)NC1=O. The van der Waals surface area contributed by atoms with Crippen molar-refractivity contribution in [3.8, 4) is 0 Å². The zero-order valence-corrected chi connectivity index (χ0v) is 61.2. The second-order valence-electron chi connectivity index (χ2n) is 25.9. The normalized spacial score (nSPS) is 23.7. The number of rotatable bonds is 24. The monoisotopic (exact) mass is 1520 g/mol. The molecule has 23 N–H and O–H groups in total. The second-order valence-corrected chi connectivity index (χ2v) is 28.4. The fourth-order valence-corrected chi connectivity index (χ4v) is 13.6. The smallest absolute Gasteiger partial charge is 0.327 e. The van der Waals surface area contributed by atoms with Gasteiger partial charge in [0.25, 0.3) is 0 Å². The molecule has 6 rings (SSSR count). The van der Waals surface area contributed by atoms with Crippen LogP contribution in [0.2, 0.25) is 0 Å². The summed E-state index contributed by atoms with van der Waals surface area (Å²) >= 11 is 0. The molecule has 5 aromatic rings. The van der Waals surface area contributed by atoms with E-state index >= 15 is 14.4 Å². The molecule has 1 aliphatic heterocycles. The lowest BCUT2D eigenvalue weighted by atomic mass is 10.00. The Bertz CT molecular complexity index is 3800. The quantitative estimate of drug-likeness (QED) is 0.0213. The number of carboxylic acid groups (broad SMARTS) is 1. The van der Waals surface area contributed by atoms with E-state index in [0.717, 1.165) is 28.5 Å². The third-order valence-electron chi connectivity index (χ3n) is 17.2. The number of amides is 12. The van der Waals surface area contributed by atoms with Crippen molar-refractivity contribution in [2.45, 2.75) is 170 Å². The molecule has 12 amide bonds. The van der Waals surface area contributed by atoms with Crippen molar-refractivity contribution in [2.24, 2.45) is 17.2 Å². The molecule has 33 nitrogen and oxygen atoms in total. The number of fused-ring (bicyclic) bond motifs is 1. The first-order chi connectivity index (χ1) is 51.2. The van der Waals surface area contributed by atoms with Gasteiger partial charge in [0.05, 0.1) is 31.4 Å². The molecule has 0 unspecified atom stereocenters. The number of unbranched alkanes of at least 4 members (excludes halogenated alkanes) is 2. The molecule has 1 aliphatic rings. The minimum atomic E-state index is -1.95. The topological polar surface area (TPSA) is 541 Å². The molecule has 0 bridgehead atoms. The number of para-hydroxylation sites is 1. The summed E-state index contributed by atoms with van der Waals surface area (Å²) in [5, 5.41) is 74.1. The molecule has 580 valence electrons. The van der Waals surface area contributed by atoms with E-state index in [4.69, 9.17) is 17.2 Å². The number of nitrogens with two attached hydrogens (primary N) is 3. The lowest BCUT2D eigenvalue weighted by Gasteiger charge is -2.29. The molecule has 1 fully saturated rings. The Balaban J connectivity index is 1.46. The highest BCUT2D eigenvalue weighted by Crippen LogP contribution is 2.24. The van der Waals surface area contributed by atoms with Crippen molar-refractivity contribution < 1.29 is 82.8 Å². The van der Waals surface area contributed by atoms with E-state index in [1.807, 2.05) is 0 Å². The first kappa shape index (κ1) is 85.9. The van der Waals surface area contributed by atoms with Gasteiger partial charge in [-0.3, -0.25) is 57.5 Å². The Kier molecular flexibility index (Phi) is 35.5. The lowest BCUT2D eigenvalue weighted by Crippen LogP contribution is -2.63. The molecule has 0 radical (unpaired) electrons. The zero-order valence-electron chi connectivity index (χ0n) is 59.6. The predicted molar refractivity (Wildman–Crippen MR) is 399 cm³/mol. The van der Waals surface area contributed by atoms with Gasteiger partial charge in [-0.2, -0.15) is 0 Å². The van der Waals surface area contributed by atoms with Crippen LogP contribution in [0, 0.1) is 0 Å². The van der Waals surface area contributed by atoms with Gasteiger partial charge >= 0.3 is 5.97 Å². The zero-order chi connectivity index (χ0) is 78.1. The standard InChI is InChI=1S/C72H98N16O17S2/c1-40(75)61(93)77-36-58(92)78-56-38-106-107-39-57(72(104)105)86-68(100)55(37-89)85-71(103)60(42(3)91)88-67(99)53(33-45-23-11-6-12-24-45)84-70(102)59(41(2)90)87-63(95)50(28-16-18-30-74)79-66(98)54(34-46-35-76-48-26-14-13-25-47(46)48)83-65(97)52(32-44-21-9-5-10-22-44)82-64(96)51(31-43-19-7-4-8-20-43)81-62(94)49(80-69(56)101)27-15-17-29-73/h4-14,19-26,35,40-42,49-57,59-60,76,89-91H,15-18,27-34,36-39,73-75H2,1-3H3,(H,77,93)(H,78,92)(H,79,98)(H,80,101)(H,81,94)(H,82,96)(H,83,97)(H,84,102)(H,85,103)(H,86,100)(H,87,95)(H,88,99)(H,104,105)/t40-,41+,42+,49+,50-,51+,52-,53-,54-,55-,56+,57-,59+,60+/m0/s1. The van der Waals surface area contributed by atoms with Gasteiger partial charge in [0.2, 0.25) is 70.9 Å². The van der Waals surface area contributed by atoms with Crippen LogP contribution in [0.25, 0.3) is 10.9 Å². The van der Waals surface area contributed by atoms with Crippen LogP contribution in [0.4, 0.5) is 0 Å². The largest absolute Gasteiger partial charge is 0.480 e. The fourth-order valence-electron chi connectivity index (χ4n) is 11.3. The molecule has 35 heteroatoms. The van der Waals surface area contributed by atoms with Gasteiger partial charge in [-0.1, -0.05) is 131 Å². The van der Waals surface area contributed by atoms with Gasteiger partial charge in [0, 0.05) is 54.3 Å². The number of carbonyl (C=O) groups is 13. The summed E-state index contributed by atoms with van der Waals surface area (Å²) < 4.78 is 0. The number of aliphatic hydroxyl groups is 3. The maximum atomic E-state index is 15.4. The summed E-state index contributed by atoms with van der Waals surface area (Å²) in [6.07, 6.45) is -1.86. The van der Waals surface area contributed by atoms with Crippen molar-refractivity contribution in [1.29, 1.82) is 0 Å². The van der Waals surface area contributed by atoms with E-state index in [-0.39, 0.29) is 70.2 Å². The third kappa shape index (κ3) is 28.0. The molecule has 107 heavy (non-hydrogen) atoms. The van der Waals surface area contributed by atoms with Gasteiger partial charge in [0.1, 0.15) is 66.5 Å². The van der Waals surface area contributed by atoms with Gasteiger partial charge in [-0.25, -0.2) is 4.79 Å². The predicted octanol–water partition coefficient (Wildman–Crippen LogP) is -3.27. The maximum Gasteiger partial charge on any atom is 0.327 e. The summed E-state index contributed by atoms with van der Waals surface area (Å²) in [6.45, 7) is 2.12. The molecular weight excluding hydrogens is 1430 g/mol. The average molecular weight is 1520 g/mol. The molecule has 2 heterocycles. The Hall–Kier alpha value is -10.0. The molecule has 0 aliphatic carbocycles. The van der Waals surface area contributed by atoms with Crippen LogP contribution >= 0.6 is 21.6 Å². The van der Waals surface area contributed by atoms with E-state index in [0.29, 0.717) is 46.0 Å². The summed E-state index contributed by atoms with van der Waals surface area (Å²) in [5.41, 5.74) is 20.2. The number of aromatic amines is 1. The molecule has 0 spiro atoms. The highest BCUT2D eigenvalue weighted by Gasteiger charge is 2.39. The first-order valence-corrected chi connectivity index (χ1v) is 37.6. The van der Waals surface area contributed by atoms with Crippen molar-refractivity contribution in [2.75, 3.05) is 37.7 Å². The summed E-state index contributed by atoms with van der Waals surface area (Å²) in [5.74, 6) is -14.5. The van der Waals surface area contributed by atoms with E-state index in [1.54, 1.807) is 121 Å². The van der Waals surface area contributed by atoms with Crippen LogP contribution in [0.15, 0.2) is 121 Å². The van der Waals surface area contributed by atoms with Crippen molar-refractivity contribution in [3.05, 3.63) is 144 Å². The van der Waals surface area contributed by atoms with Crippen molar-refractivity contribution in [3.63, 3.8) is 0 Å². The minimum absolute atomic E-state index is 0.0921. The first-order valence-electron chi connectivity index (χ1n) is 35.1. The van der Waals surface area contributed by atoms with Gasteiger partial charge in [0.15, 0.2) is 0 Å². The van der Waals surface area contributed by atoms with Gasteiger partial charge in [-0.05, 0) is 101 Å². The number of hydrogen-bond acceptors (Lipinski definition) is 21. The molecule has 4 aromatic carbocycles. The Labute approximate surface area is 626 Å². The van der Waals surface area contributed by atoms with E-state index in [1.165, 1.54) is 13.8 Å². The van der Waals surface area contributed by atoms with Crippen LogP contribution in [0.5, 0.6) is 0 Å². The van der Waals surface area contributed by atoms with Crippen molar-refractivity contribution >= 4 is 109 Å². The van der Waals surface area contributed by atoms with E-state index in [2.05, 4.69) is 68.8 Å². The number of carbonyl (C=O) groups excluding carboxylic acids is 12. The number of aliphatic carboxylic acids is 1. The van der Waals surface area contributed by atoms with Crippen molar-refractivity contribution in [1.82, 2.24) is 68.8 Å². The molecule has 1 aromatic heterocycles. The number of H-pyrrole nitrogens is 1. The summed E-state index contributed by atoms with van der Waals surface area (Å²) in [6, 6.07) is 12.9. The van der Waals surface area contributed by atoms with Crippen LogP contribution in [0.3, 0.4) is 0 Å². The Morgan fingerprint density at radius 3 is 1.31 bits per heavy atom. The molecule has 0 saturated carbocycles. The average Bonchev–Trinajstić information content (AvgIpc) is 1.70. The lowest BCUT2D eigenvalue weighted by molar-refractivity contribution is -0.142. The molecule has 14 atom stereocenters. The number of hydrogen-bond donors (Lipinski definition) is 20. The highest BCUT2D eigenvalue weighted by atomic mass is 33.1. The third-order valence-corrected chi connectivity index (χ3v) is 19.7. The Morgan fingerprint density at radius 1 is 0.477 bits per heavy atom. The second kappa shape index (κ2) is 44.2.